The van der Waals surface area contributed by atoms with Crippen molar-refractivity contribution in [2.24, 2.45) is 5.73 Å². The third-order valence-corrected chi connectivity index (χ3v) is 3.64. The number of benzene rings is 1. The van der Waals surface area contributed by atoms with Crippen molar-refractivity contribution in [2.75, 3.05) is 11.4 Å². The standard InChI is InChI=1S/C14H22N2O/c1-10-5-3-4-8-16(10)12-6-7-13(11(2)15)14(17)9-12/h6-7,9-11,17H,3-5,8,15H2,1-2H3. The summed E-state index contributed by atoms with van der Waals surface area (Å²) in [6.07, 6.45) is 3.78. The Morgan fingerprint density at radius 1 is 1.41 bits per heavy atom. The Bertz CT molecular complexity index is 390. The maximum Gasteiger partial charge on any atom is 0.122 e. The van der Waals surface area contributed by atoms with Crippen LogP contribution in [0.25, 0.3) is 0 Å². The molecule has 3 nitrogen and oxygen atoms in total. The molecule has 0 bridgehead atoms. The lowest BCUT2D eigenvalue weighted by molar-refractivity contribution is 0.459. The van der Waals surface area contributed by atoms with Crippen molar-refractivity contribution < 1.29 is 5.11 Å². The minimum absolute atomic E-state index is 0.122. The van der Waals surface area contributed by atoms with E-state index >= 15 is 0 Å². The molecule has 1 fully saturated rings. The highest BCUT2D eigenvalue weighted by atomic mass is 16.3. The second-order valence-corrected chi connectivity index (χ2v) is 5.07. The van der Waals surface area contributed by atoms with Gasteiger partial charge in [-0.25, -0.2) is 0 Å². The molecule has 1 aliphatic heterocycles. The topological polar surface area (TPSA) is 49.5 Å². The summed E-state index contributed by atoms with van der Waals surface area (Å²) in [6, 6.07) is 6.30. The number of phenolic OH excluding ortho intramolecular Hbond substituents is 1. The van der Waals surface area contributed by atoms with Crippen molar-refractivity contribution >= 4 is 5.69 Å². The van der Waals surface area contributed by atoms with Crippen molar-refractivity contribution in [1.82, 2.24) is 0 Å². The van der Waals surface area contributed by atoms with Gasteiger partial charge in [0.25, 0.3) is 0 Å². The fraction of sp³-hybridized carbons (Fsp3) is 0.571. The van der Waals surface area contributed by atoms with Crippen molar-refractivity contribution in [3.05, 3.63) is 23.8 Å². The van der Waals surface area contributed by atoms with Gasteiger partial charge in [-0.1, -0.05) is 6.07 Å². The molecule has 0 aliphatic carbocycles. The zero-order chi connectivity index (χ0) is 12.4. The average Bonchev–Trinajstić information content (AvgIpc) is 2.29. The number of anilines is 1. The van der Waals surface area contributed by atoms with E-state index in [2.05, 4.69) is 17.9 Å². The Morgan fingerprint density at radius 3 is 2.76 bits per heavy atom. The van der Waals surface area contributed by atoms with Gasteiger partial charge in [0.15, 0.2) is 0 Å². The first kappa shape index (κ1) is 12.2. The van der Waals surface area contributed by atoms with Crippen molar-refractivity contribution in [3.63, 3.8) is 0 Å². The van der Waals surface area contributed by atoms with Gasteiger partial charge in [0.1, 0.15) is 5.75 Å². The second-order valence-electron chi connectivity index (χ2n) is 5.07. The van der Waals surface area contributed by atoms with Crippen LogP contribution in [0, 0.1) is 0 Å². The quantitative estimate of drug-likeness (QED) is 0.827. The van der Waals surface area contributed by atoms with E-state index in [-0.39, 0.29) is 6.04 Å². The van der Waals surface area contributed by atoms with Gasteiger partial charge < -0.3 is 15.7 Å². The normalized spacial score (nSPS) is 22.5. The summed E-state index contributed by atoms with van der Waals surface area (Å²) in [6.45, 7) is 5.21. The highest BCUT2D eigenvalue weighted by Crippen LogP contribution is 2.31. The third-order valence-electron chi connectivity index (χ3n) is 3.64. The molecule has 94 valence electrons. The molecule has 1 aliphatic rings. The van der Waals surface area contributed by atoms with E-state index in [1.807, 2.05) is 19.1 Å². The van der Waals surface area contributed by atoms with E-state index in [1.54, 1.807) is 0 Å². The largest absolute Gasteiger partial charge is 0.508 e. The van der Waals surface area contributed by atoms with Gasteiger partial charge >= 0.3 is 0 Å². The molecule has 3 N–H and O–H groups in total. The zero-order valence-corrected chi connectivity index (χ0v) is 10.7. The molecule has 1 saturated heterocycles. The van der Waals surface area contributed by atoms with Crippen molar-refractivity contribution in [1.29, 1.82) is 0 Å². The van der Waals surface area contributed by atoms with Gasteiger partial charge in [0.05, 0.1) is 0 Å². The third kappa shape index (κ3) is 2.55. The van der Waals surface area contributed by atoms with Crippen molar-refractivity contribution in [3.8, 4) is 5.75 Å². The van der Waals surface area contributed by atoms with Gasteiger partial charge in [0, 0.05) is 35.9 Å². The van der Waals surface area contributed by atoms with E-state index in [4.69, 9.17) is 5.73 Å². The van der Waals surface area contributed by atoms with Crippen LogP contribution in [0.1, 0.15) is 44.7 Å². The van der Waals surface area contributed by atoms with Gasteiger partial charge in [-0.2, -0.15) is 0 Å². The van der Waals surface area contributed by atoms with E-state index in [0.29, 0.717) is 11.8 Å². The maximum atomic E-state index is 9.97. The molecule has 0 aromatic heterocycles. The summed E-state index contributed by atoms with van der Waals surface area (Å²) in [5.74, 6) is 0.315. The Hall–Kier alpha value is -1.22. The van der Waals surface area contributed by atoms with Crippen LogP contribution in [0.4, 0.5) is 5.69 Å². The zero-order valence-electron chi connectivity index (χ0n) is 10.7. The van der Waals surface area contributed by atoms with E-state index in [1.165, 1.54) is 19.3 Å². The minimum Gasteiger partial charge on any atom is -0.508 e. The first-order valence-electron chi connectivity index (χ1n) is 6.44. The fourth-order valence-corrected chi connectivity index (χ4v) is 2.58. The smallest absolute Gasteiger partial charge is 0.122 e. The fourth-order valence-electron chi connectivity index (χ4n) is 2.58. The molecule has 1 heterocycles. The molecule has 0 amide bonds. The summed E-state index contributed by atoms with van der Waals surface area (Å²) in [5, 5.41) is 9.97. The molecule has 1 aromatic rings. The molecule has 3 heteroatoms. The van der Waals surface area contributed by atoms with Crippen LogP contribution in [0.5, 0.6) is 5.75 Å². The summed E-state index contributed by atoms with van der Waals surface area (Å²) in [4.78, 5) is 2.37. The molecular weight excluding hydrogens is 212 g/mol. The first-order chi connectivity index (χ1) is 8.09. The van der Waals surface area contributed by atoms with Crippen LogP contribution in [0.3, 0.4) is 0 Å². The number of hydrogen-bond acceptors (Lipinski definition) is 3. The number of piperidine rings is 1. The van der Waals surface area contributed by atoms with Crippen LogP contribution in [0.15, 0.2) is 18.2 Å². The average molecular weight is 234 g/mol. The van der Waals surface area contributed by atoms with Crippen LogP contribution in [0.2, 0.25) is 0 Å². The van der Waals surface area contributed by atoms with Crippen LogP contribution in [-0.4, -0.2) is 17.7 Å². The first-order valence-corrected chi connectivity index (χ1v) is 6.44. The number of nitrogens with zero attached hydrogens (tertiary/aromatic N) is 1. The molecule has 2 atom stereocenters. The SMILES string of the molecule is CC(N)c1ccc(N2CCCCC2C)cc1O. The van der Waals surface area contributed by atoms with Gasteiger partial charge in [-0.3, -0.25) is 0 Å². The number of rotatable bonds is 2. The number of nitrogens with two attached hydrogens (primary N) is 1. The molecule has 2 unspecified atom stereocenters. The highest BCUT2D eigenvalue weighted by Gasteiger charge is 2.19. The van der Waals surface area contributed by atoms with E-state index < -0.39 is 0 Å². The Morgan fingerprint density at radius 2 is 2.18 bits per heavy atom. The summed E-state index contributed by atoms with van der Waals surface area (Å²) >= 11 is 0. The van der Waals surface area contributed by atoms with Gasteiger partial charge in [0.2, 0.25) is 0 Å². The maximum absolute atomic E-state index is 9.97. The number of aromatic hydroxyl groups is 1. The van der Waals surface area contributed by atoms with Crippen LogP contribution < -0.4 is 10.6 Å². The van der Waals surface area contributed by atoms with E-state index in [9.17, 15) is 5.11 Å². The molecule has 0 spiro atoms. The lowest BCUT2D eigenvalue weighted by atomic mass is 10.0. The highest BCUT2D eigenvalue weighted by molar-refractivity contribution is 5.54. The lowest BCUT2D eigenvalue weighted by Crippen LogP contribution is -2.37. The van der Waals surface area contributed by atoms with Crippen LogP contribution >= 0.6 is 0 Å². The second kappa shape index (κ2) is 4.96. The van der Waals surface area contributed by atoms with Gasteiger partial charge in [-0.05, 0) is 39.2 Å². The summed E-state index contributed by atoms with van der Waals surface area (Å²) in [5.41, 5.74) is 7.73. The molecule has 0 radical (unpaired) electrons. The molecule has 1 aromatic carbocycles. The number of hydrogen-bond donors (Lipinski definition) is 2. The summed E-state index contributed by atoms with van der Waals surface area (Å²) < 4.78 is 0. The monoisotopic (exact) mass is 234 g/mol. The molecule has 17 heavy (non-hydrogen) atoms. The predicted octanol–water partition coefficient (Wildman–Crippen LogP) is 2.79. The molecule has 0 saturated carbocycles. The van der Waals surface area contributed by atoms with E-state index in [0.717, 1.165) is 17.8 Å². The summed E-state index contributed by atoms with van der Waals surface area (Å²) in [7, 11) is 0. The number of phenols is 1. The predicted molar refractivity (Wildman–Crippen MR) is 71.4 cm³/mol. The lowest BCUT2D eigenvalue weighted by Gasteiger charge is -2.35. The Labute approximate surface area is 103 Å². The Balaban J connectivity index is 2.24. The van der Waals surface area contributed by atoms with Crippen molar-refractivity contribution in [2.45, 2.75) is 45.2 Å². The molecule has 2 rings (SSSR count). The van der Waals surface area contributed by atoms with Gasteiger partial charge in [-0.15, -0.1) is 0 Å². The Kier molecular flexibility index (Phi) is 3.57. The van der Waals surface area contributed by atoms with Crippen LogP contribution in [-0.2, 0) is 0 Å². The molecular formula is C14H22N2O. The minimum atomic E-state index is -0.122.